The molecule has 272 valence electrons. The molecule has 0 atom stereocenters. The summed E-state index contributed by atoms with van der Waals surface area (Å²) in [5.74, 6) is 0. The fourth-order valence-corrected chi connectivity index (χ4v) is 9.85. The SMILES string of the molecule is CC1(C)C2=C(C=C(N(c3ccc(-c4ccccc4)cc3)c3ccccc3-c3ccccc3)CC2)c2c1c1ccccc1c1c2oc2cccc(-c3ccccc3)c21. The molecule has 2 aliphatic rings. The van der Waals surface area contributed by atoms with Crippen LogP contribution in [-0.4, -0.2) is 0 Å². The molecule has 0 unspecified atom stereocenters. The summed E-state index contributed by atoms with van der Waals surface area (Å²) < 4.78 is 7.13. The Morgan fingerprint density at radius 1 is 0.491 bits per heavy atom. The van der Waals surface area contributed by atoms with Crippen LogP contribution in [0.25, 0.3) is 71.7 Å². The minimum atomic E-state index is -0.175. The smallest absolute Gasteiger partial charge is 0.144 e. The summed E-state index contributed by atoms with van der Waals surface area (Å²) in [4.78, 5) is 2.51. The molecule has 1 heterocycles. The topological polar surface area (TPSA) is 16.4 Å². The lowest BCUT2D eigenvalue weighted by Gasteiger charge is -2.34. The third-order valence-electron chi connectivity index (χ3n) is 12.4. The van der Waals surface area contributed by atoms with E-state index in [-0.39, 0.29) is 5.41 Å². The highest BCUT2D eigenvalue weighted by Crippen LogP contribution is 2.58. The Hall–Kier alpha value is -6.90. The standard InChI is InChI=1S/C55H41NO/c1-55(2)47-34-33-41(56(40-31-29-37(30-32-40)36-17-6-3-7-18-36)48-27-15-14-23-42(48)38-19-8-4-9-20-38)35-46(47)52-53(55)45-25-13-12-24-44(45)51-50-43(39-21-10-5-11-22-39)26-16-28-49(50)57-54(51)52/h3-32,35H,33-34H2,1-2H3. The van der Waals surface area contributed by atoms with Crippen LogP contribution in [0.4, 0.5) is 11.4 Å². The summed E-state index contributed by atoms with van der Waals surface area (Å²) in [6.45, 7) is 4.85. The van der Waals surface area contributed by atoms with E-state index in [4.69, 9.17) is 4.42 Å². The Kier molecular flexibility index (Phi) is 7.69. The van der Waals surface area contributed by atoms with Crippen molar-refractivity contribution in [1.82, 2.24) is 0 Å². The van der Waals surface area contributed by atoms with Gasteiger partial charge in [-0.25, -0.2) is 0 Å². The molecule has 2 aliphatic carbocycles. The van der Waals surface area contributed by atoms with Crippen LogP contribution in [0.2, 0.25) is 0 Å². The first kappa shape index (κ1) is 33.4. The zero-order valence-electron chi connectivity index (χ0n) is 32.2. The first-order valence-electron chi connectivity index (χ1n) is 20.1. The van der Waals surface area contributed by atoms with Crippen LogP contribution in [0.3, 0.4) is 0 Å². The third-order valence-corrected chi connectivity index (χ3v) is 12.4. The van der Waals surface area contributed by atoms with Crippen molar-refractivity contribution in [1.29, 1.82) is 0 Å². The van der Waals surface area contributed by atoms with E-state index >= 15 is 0 Å². The van der Waals surface area contributed by atoms with E-state index in [1.807, 2.05) is 0 Å². The summed E-state index contributed by atoms with van der Waals surface area (Å²) >= 11 is 0. The minimum absolute atomic E-state index is 0.175. The summed E-state index contributed by atoms with van der Waals surface area (Å²) in [5.41, 5.74) is 18.0. The van der Waals surface area contributed by atoms with Crippen molar-refractivity contribution in [2.45, 2.75) is 32.1 Å². The highest BCUT2D eigenvalue weighted by Gasteiger charge is 2.43. The second-order valence-corrected chi connectivity index (χ2v) is 15.9. The molecule has 57 heavy (non-hydrogen) atoms. The molecule has 2 nitrogen and oxygen atoms in total. The van der Waals surface area contributed by atoms with Gasteiger partial charge in [-0.3, -0.25) is 0 Å². The molecule has 8 aromatic carbocycles. The van der Waals surface area contributed by atoms with Crippen molar-refractivity contribution in [2.75, 3.05) is 4.90 Å². The van der Waals surface area contributed by atoms with Gasteiger partial charge in [0.2, 0.25) is 0 Å². The van der Waals surface area contributed by atoms with Gasteiger partial charge in [0.25, 0.3) is 0 Å². The van der Waals surface area contributed by atoms with Crippen molar-refractivity contribution in [2.24, 2.45) is 0 Å². The molecule has 0 bridgehead atoms. The Morgan fingerprint density at radius 3 is 1.79 bits per heavy atom. The van der Waals surface area contributed by atoms with Gasteiger partial charge in [0, 0.05) is 38.7 Å². The molecule has 9 aromatic rings. The Bertz CT molecular complexity index is 3060. The zero-order valence-corrected chi connectivity index (χ0v) is 32.2. The summed E-state index contributed by atoms with van der Waals surface area (Å²) in [6.07, 6.45) is 4.37. The summed E-state index contributed by atoms with van der Waals surface area (Å²) in [7, 11) is 0. The van der Waals surface area contributed by atoms with Gasteiger partial charge in [0.05, 0.1) is 5.69 Å². The van der Waals surface area contributed by atoms with Gasteiger partial charge in [-0.2, -0.15) is 0 Å². The molecule has 1 aromatic heterocycles. The molecule has 0 N–H and O–H groups in total. The number of para-hydroxylation sites is 1. The average Bonchev–Trinajstić information content (AvgIpc) is 3.78. The maximum absolute atomic E-state index is 7.13. The van der Waals surface area contributed by atoms with Gasteiger partial charge in [-0.15, -0.1) is 0 Å². The van der Waals surface area contributed by atoms with Crippen molar-refractivity contribution >= 4 is 49.7 Å². The van der Waals surface area contributed by atoms with Gasteiger partial charge in [0.15, 0.2) is 0 Å². The number of anilines is 2. The molecular formula is C55H41NO. The van der Waals surface area contributed by atoms with Crippen molar-refractivity contribution in [3.63, 3.8) is 0 Å². The highest BCUT2D eigenvalue weighted by atomic mass is 16.3. The fraction of sp³-hybridized carbons (Fsp3) is 0.0909. The zero-order chi connectivity index (χ0) is 38.1. The van der Waals surface area contributed by atoms with E-state index in [0.717, 1.165) is 29.7 Å². The van der Waals surface area contributed by atoms with Crippen LogP contribution in [-0.2, 0) is 5.41 Å². The molecule has 2 heteroatoms. The molecule has 0 saturated heterocycles. The Morgan fingerprint density at radius 2 is 1.07 bits per heavy atom. The molecule has 11 rings (SSSR count). The number of hydrogen-bond acceptors (Lipinski definition) is 2. The van der Waals surface area contributed by atoms with Crippen LogP contribution in [0.1, 0.15) is 37.8 Å². The monoisotopic (exact) mass is 731 g/mol. The summed E-state index contributed by atoms with van der Waals surface area (Å²) in [6, 6.07) is 65.7. The molecule has 0 radical (unpaired) electrons. The van der Waals surface area contributed by atoms with E-state index in [1.165, 1.54) is 88.6 Å². The quantitative estimate of drug-likeness (QED) is 0.169. The van der Waals surface area contributed by atoms with E-state index in [2.05, 4.69) is 207 Å². The van der Waals surface area contributed by atoms with E-state index < -0.39 is 0 Å². The Balaban J connectivity index is 1.16. The fourth-order valence-electron chi connectivity index (χ4n) is 9.85. The number of fused-ring (bicyclic) bond motifs is 9. The predicted molar refractivity (Wildman–Crippen MR) is 240 cm³/mol. The predicted octanol–water partition coefficient (Wildman–Crippen LogP) is 15.3. The van der Waals surface area contributed by atoms with E-state index in [1.54, 1.807) is 0 Å². The average molecular weight is 732 g/mol. The van der Waals surface area contributed by atoms with E-state index in [0.29, 0.717) is 0 Å². The maximum Gasteiger partial charge on any atom is 0.144 e. The summed E-state index contributed by atoms with van der Waals surface area (Å²) in [5, 5.41) is 4.94. The lowest BCUT2D eigenvalue weighted by Crippen LogP contribution is -2.22. The van der Waals surface area contributed by atoms with Crippen LogP contribution < -0.4 is 4.90 Å². The molecule has 0 spiro atoms. The Labute approximate surface area is 333 Å². The maximum atomic E-state index is 7.13. The van der Waals surface area contributed by atoms with E-state index in [9.17, 15) is 0 Å². The number of benzene rings is 8. The van der Waals surface area contributed by atoms with Crippen molar-refractivity contribution in [3.05, 3.63) is 210 Å². The lowest BCUT2D eigenvalue weighted by atomic mass is 9.76. The molecule has 0 aliphatic heterocycles. The normalized spacial score (nSPS) is 14.5. The molecular weight excluding hydrogens is 691 g/mol. The highest BCUT2D eigenvalue weighted by molar-refractivity contribution is 6.27. The van der Waals surface area contributed by atoms with Crippen LogP contribution in [0.15, 0.2) is 204 Å². The van der Waals surface area contributed by atoms with Crippen LogP contribution in [0.5, 0.6) is 0 Å². The minimum Gasteiger partial charge on any atom is -0.455 e. The molecule has 0 fully saturated rings. The number of rotatable bonds is 6. The first-order chi connectivity index (χ1) is 28.1. The molecule has 0 amide bonds. The van der Waals surface area contributed by atoms with Crippen molar-refractivity contribution in [3.8, 4) is 33.4 Å². The third kappa shape index (κ3) is 5.25. The van der Waals surface area contributed by atoms with Gasteiger partial charge >= 0.3 is 0 Å². The van der Waals surface area contributed by atoms with Gasteiger partial charge < -0.3 is 9.32 Å². The number of allylic oxidation sites excluding steroid dienone is 4. The first-order valence-corrected chi connectivity index (χ1v) is 20.1. The number of nitrogens with zero attached hydrogens (tertiary/aromatic N) is 1. The second kappa shape index (κ2) is 13.1. The van der Waals surface area contributed by atoms with Gasteiger partial charge in [0.1, 0.15) is 11.2 Å². The number of hydrogen-bond donors (Lipinski definition) is 0. The van der Waals surface area contributed by atoms with Crippen molar-refractivity contribution < 1.29 is 4.42 Å². The largest absolute Gasteiger partial charge is 0.455 e. The van der Waals surface area contributed by atoms with Crippen LogP contribution >= 0.6 is 0 Å². The van der Waals surface area contributed by atoms with Gasteiger partial charge in [-0.1, -0.05) is 177 Å². The lowest BCUT2D eigenvalue weighted by molar-refractivity contribution is 0.606. The number of furan rings is 1. The molecule has 0 saturated carbocycles. The van der Waals surface area contributed by atoms with Gasteiger partial charge in [-0.05, 0) is 92.9 Å². The second-order valence-electron chi connectivity index (χ2n) is 15.9. The van der Waals surface area contributed by atoms with Crippen LogP contribution in [0, 0.1) is 0 Å².